The van der Waals surface area contributed by atoms with Crippen molar-refractivity contribution in [3.05, 3.63) is 30.1 Å². The van der Waals surface area contributed by atoms with E-state index in [-0.39, 0.29) is 0 Å². The molecule has 1 fully saturated rings. The third-order valence-electron chi connectivity index (χ3n) is 3.55. The molecule has 1 unspecified atom stereocenters. The van der Waals surface area contributed by atoms with Gasteiger partial charge < -0.3 is 14.0 Å². The first-order valence-electron chi connectivity index (χ1n) is 6.74. The lowest BCUT2D eigenvalue weighted by atomic mass is 9.89. The van der Waals surface area contributed by atoms with Crippen LogP contribution in [0.15, 0.2) is 21.6 Å². The van der Waals surface area contributed by atoms with Gasteiger partial charge in [-0.2, -0.15) is 4.98 Å². The van der Waals surface area contributed by atoms with Crippen LogP contribution in [0.5, 0.6) is 0 Å². The molecule has 0 spiro atoms. The van der Waals surface area contributed by atoms with Crippen LogP contribution in [-0.2, 0) is 13.0 Å². The molecule has 2 aromatic heterocycles. The van der Waals surface area contributed by atoms with Crippen LogP contribution in [0.3, 0.4) is 0 Å². The predicted octanol–water partition coefficient (Wildman–Crippen LogP) is 0.936. The van der Waals surface area contributed by atoms with Crippen molar-refractivity contribution in [3.8, 4) is 0 Å². The van der Waals surface area contributed by atoms with Gasteiger partial charge in [0.05, 0.1) is 17.7 Å². The number of piperidine rings is 1. The van der Waals surface area contributed by atoms with Crippen LogP contribution in [0.1, 0.15) is 30.3 Å². The lowest BCUT2D eigenvalue weighted by Gasteiger charge is -2.38. The van der Waals surface area contributed by atoms with Crippen LogP contribution in [0.25, 0.3) is 0 Å². The van der Waals surface area contributed by atoms with Gasteiger partial charge in [0.15, 0.2) is 12.2 Å². The van der Waals surface area contributed by atoms with Gasteiger partial charge in [0.25, 0.3) is 0 Å². The molecule has 1 atom stereocenters. The molecule has 1 aliphatic heterocycles. The van der Waals surface area contributed by atoms with Gasteiger partial charge in [0, 0.05) is 13.1 Å². The van der Waals surface area contributed by atoms with Gasteiger partial charge in [-0.25, -0.2) is 4.98 Å². The molecule has 0 aromatic carbocycles. The zero-order chi connectivity index (χ0) is 14.0. The van der Waals surface area contributed by atoms with Crippen LogP contribution in [0.4, 0.5) is 0 Å². The summed E-state index contributed by atoms with van der Waals surface area (Å²) in [5, 5.41) is 14.5. The van der Waals surface area contributed by atoms with Crippen molar-refractivity contribution in [2.45, 2.75) is 38.3 Å². The van der Waals surface area contributed by atoms with E-state index in [0.29, 0.717) is 31.2 Å². The van der Waals surface area contributed by atoms with Crippen molar-refractivity contribution in [3.63, 3.8) is 0 Å². The van der Waals surface area contributed by atoms with Crippen molar-refractivity contribution in [1.82, 2.24) is 20.0 Å². The molecule has 7 nitrogen and oxygen atoms in total. The number of aromatic nitrogens is 3. The van der Waals surface area contributed by atoms with E-state index in [2.05, 4.69) is 20.0 Å². The van der Waals surface area contributed by atoms with Gasteiger partial charge in [0.2, 0.25) is 5.89 Å². The Morgan fingerprint density at radius 3 is 3.10 bits per heavy atom. The summed E-state index contributed by atoms with van der Waals surface area (Å²) < 4.78 is 10.1. The van der Waals surface area contributed by atoms with Crippen LogP contribution in [0.2, 0.25) is 0 Å². The third kappa shape index (κ3) is 3.05. The highest BCUT2D eigenvalue weighted by molar-refractivity contribution is 4.98. The lowest BCUT2D eigenvalue weighted by Crippen LogP contribution is -2.49. The van der Waals surface area contributed by atoms with Gasteiger partial charge in [-0.15, -0.1) is 0 Å². The smallest absolute Gasteiger partial charge is 0.229 e. The maximum atomic E-state index is 10.7. The molecule has 3 rings (SSSR count). The summed E-state index contributed by atoms with van der Waals surface area (Å²) in [6, 6.07) is 0. The average molecular weight is 278 g/mol. The Kier molecular flexibility index (Phi) is 3.54. The van der Waals surface area contributed by atoms with Gasteiger partial charge in [-0.05, 0) is 26.3 Å². The fourth-order valence-corrected chi connectivity index (χ4v) is 2.72. The highest BCUT2D eigenvalue weighted by atomic mass is 16.5. The zero-order valence-electron chi connectivity index (χ0n) is 11.4. The minimum atomic E-state index is -0.818. The Morgan fingerprint density at radius 1 is 1.50 bits per heavy atom. The standard InChI is InChI=1S/C13H18N4O3/c1-10-15-12(20-16-10)5-13(18)3-2-4-17(8-13)6-11-7-19-9-14-11/h7,9,18H,2-6,8H2,1H3. The molecule has 0 bridgehead atoms. The fourth-order valence-electron chi connectivity index (χ4n) is 2.72. The summed E-state index contributed by atoms with van der Waals surface area (Å²) in [5.41, 5.74) is 0.0592. The average Bonchev–Trinajstić information content (AvgIpc) is 3.01. The Bertz CT molecular complexity index is 554. The van der Waals surface area contributed by atoms with E-state index in [1.807, 2.05) is 0 Å². The number of oxazole rings is 1. The summed E-state index contributed by atoms with van der Waals surface area (Å²) >= 11 is 0. The number of aliphatic hydroxyl groups is 1. The van der Waals surface area contributed by atoms with Gasteiger partial charge in [-0.1, -0.05) is 5.16 Å². The SMILES string of the molecule is Cc1noc(CC2(O)CCCN(Cc3cocn3)C2)n1. The first kappa shape index (κ1) is 13.3. The molecule has 2 aromatic rings. The van der Waals surface area contributed by atoms with E-state index in [1.54, 1.807) is 13.2 Å². The van der Waals surface area contributed by atoms with E-state index < -0.39 is 5.60 Å². The Hall–Kier alpha value is -1.73. The molecule has 0 radical (unpaired) electrons. The molecular formula is C13H18N4O3. The highest BCUT2D eigenvalue weighted by Crippen LogP contribution is 2.25. The molecule has 3 heterocycles. The van der Waals surface area contributed by atoms with Crippen molar-refractivity contribution in [2.24, 2.45) is 0 Å². The largest absolute Gasteiger partial charge is 0.451 e. The molecule has 1 aliphatic rings. The van der Waals surface area contributed by atoms with Crippen LogP contribution >= 0.6 is 0 Å². The van der Waals surface area contributed by atoms with E-state index >= 15 is 0 Å². The minimum Gasteiger partial charge on any atom is -0.451 e. The van der Waals surface area contributed by atoms with Crippen molar-refractivity contribution in [2.75, 3.05) is 13.1 Å². The van der Waals surface area contributed by atoms with Crippen molar-refractivity contribution < 1.29 is 14.0 Å². The predicted molar refractivity (Wildman–Crippen MR) is 68.7 cm³/mol. The summed E-state index contributed by atoms with van der Waals surface area (Å²) in [6.07, 6.45) is 5.12. The van der Waals surface area contributed by atoms with E-state index in [0.717, 1.165) is 25.1 Å². The molecule has 20 heavy (non-hydrogen) atoms. The molecule has 108 valence electrons. The quantitative estimate of drug-likeness (QED) is 0.890. The van der Waals surface area contributed by atoms with Crippen LogP contribution in [-0.4, -0.2) is 43.8 Å². The van der Waals surface area contributed by atoms with Crippen LogP contribution in [0, 0.1) is 6.92 Å². The number of rotatable bonds is 4. The molecular weight excluding hydrogens is 260 g/mol. The number of β-amino-alcohol motifs (C(OH)–C–C–N with tert-alkyl or cyclic N) is 1. The summed E-state index contributed by atoms with van der Waals surface area (Å²) in [7, 11) is 0. The molecule has 1 N–H and O–H groups in total. The lowest BCUT2D eigenvalue weighted by molar-refractivity contribution is -0.0376. The second-order valence-corrected chi connectivity index (χ2v) is 5.43. The fraction of sp³-hybridized carbons (Fsp3) is 0.615. The topological polar surface area (TPSA) is 88.4 Å². The molecule has 0 saturated carbocycles. The second kappa shape index (κ2) is 5.34. The first-order valence-corrected chi connectivity index (χ1v) is 6.74. The zero-order valence-corrected chi connectivity index (χ0v) is 11.4. The molecule has 0 aliphatic carbocycles. The second-order valence-electron chi connectivity index (χ2n) is 5.43. The minimum absolute atomic E-state index is 0.392. The summed E-state index contributed by atoms with van der Waals surface area (Å²) in [5.74, 6) is 1.09. The number of nitrogens with zero attached hydrogens (tertiary/aromatic N) is 4. The number of hydrogen-bond donors (Lipinski definition) is 1. The van der Waals surface area contributed by atoms with Gasteiger partial charge in [0.1, 0.15) is 6.26 Å². The normalized spacial score (nSPS) is 24.1. The number of hydrogen-bond acceptors (Lipinski definition) is 7. The van der Waals surface area contributed by atoms with Crippen molar-refractivity contribution in [1.29, 1.82) is 0 Å². The Morgan fingerprint density at radius 2 is 2.40 bits per heavy atom. The summed E-state index contributed by atoms with van der Waals surface area (Å²) in [6.45, 7) is 3.97. The van der Waals surface area contributed by atoms with Gasteiger partial charge >= 0.3 is 0 Å². The number of aryl methyl sites for hydroxylation is 1. The molecule has 7 heteroatoms. The maximum absolute atomic E-state index is 10.7. The summed E-state index contributed by atoms with van der Waals surface area (Å²) in [4.78, 5) is 10.5. The highest BCUT2D eigenvalue weighted by Gasteiger charge is 2.35. The van der Waals surface area contributed by atoms with E-state index in [9.17, 15) is 5.11 Å². The Labute approximate surface area is 116 Å². The Balaban J connectivity index is 1.64. The molecule has 0 amide bonds. The third-order valence-corrected chi connectivity index (χ3v) is 3.55. The number of likely N-dealkylation sites (tertiary alicyclic amines) is 1. The van der Waals surface area contributed by atoms with Crippen molar-refractivity contribution >= 4 is 0 Å². The first-order chi connectivity index (χ1) is 9.63. The monoisotopic (exact) mass is 278 g/mol. The molecule has 1 saturated heterocycles. The van der Waals surface area contributed by atoms with E-state index in [1.165, 1.54) is 6.39 Å². The maximum Gasteiger partial charge on any atom is 0.229 e. The van der Waals surface area contributed by atoms with E-state index in [4.69, 9.17) is 8.94 Å². The van der Waals surface area contributed by atoms with Crippen LogP contribution < -0.4 is 0 Å². The van der Waals surface area contributed by atoms with Gasteiger partial charge in [-0.3, -0.25) is 4.90 Å².